The standard InChI is InChI=1S/C23H30Br2O3/c1-4-20(27)28-19-6-5-16-14-12-15(21(24)25)18-11-13(26)7-9-22(18,2)17(14)8-10-23(16,19)3/h11,14,16-17,19H,4-10,12H2,1-3H3. The Morgan fingerprint density at radius 3 is 2.61 bits per heavy atom. The zero-order valence-electron chi connectivity index (χ0n) is 17.0. The fourth-order valence-corrected chi connectivity index (χ4v) is 7.76. The predicted octanol–water partition coefficient (Wildman–Crippen LogP) is 6.45. The Labute approximate surface area is 185 Å². The maximum atomic E-state index is 12.2. The molecule has 6 unspecified atom stereocenters. The zero-order valence-corrected chi connectivity index (χ0v) is 20.2. The highest BCUT2D eigenvalue weighted by molar-refractivity contribution is 9.28. The van der Waals surface area contributed by atoms with Crippen molar-refractivity contribution in [1.29, 1.82) is 0 Å². The summed E-state index contributed by atoms with van der Waals surface area (Å²) >= 11 is 7.35. The lowest BCUT2D eigenvalue weighted by Crippen LogP contribution is -2.52. The third-order valence-corrected chi connectivity index (χ3v) is 9.49. The molecule has 0 spiro atoms. The summed E-state index contributed by atoms with van der Waals surface area (Å²) in [4.78, 5) is 24.2. The van der Waals surface area contributed by atoms with Crippen LogP contribution in [-0.2, 0) is 14.3 Å². The van der Waals surface area contributed by atoms with Gasteiger partial charge in [0.2, 0.25) is 0 Å². The summed E-state index contributed by atoms with van der Waals surface area (Å²) in [6, 6.07) is 0. The quantitative estimate of drug-likeness (QED) is 0.398. The molecule has 5 heteroatoms. The van der Waals surface area contributed by atoms with E-state index in [-0.39, 0.29) is 28.7 Å². The van der Waals surface area contributed by atoms with Gasteiger partial charge in [-0.3, -0.25) is 9.59 Å². The fourth-order valence-electron chi connectivity index (χ4n) is 7.01. The van der Waals surface area contributed by atoms with Gasteiger partial charge in [-0.25, -0.2) is 0 Å². The number of ketones is 1. The number of rotatable bonds is 2. The van der Waals surface area contributed by atoms with Gasteiger partial charge in [0.15, 0.2) is 5.78 Å². The van der Waals surface area contributed by atoms with Crippen LogP contribution in [0.2, 0.25) is 0 Å². The number of hydrogen-bond donors (Lipinski definition) is 0. The first-order valence-electron chi connectivity index (χ1n) is 10.7. The molecule has 0 aromatic rings. The molecular weight excluding hydrogens is 484 g/mol. The van der Waals surface area contributed by atoms with Crippen LogP contribution in [-0.4, -0.2) is 17.9 Å². The highest BCUT2D eigenvalue weighted by Crippen LogP contribution is 2.67. The van der Waals surface area contributed by atoms with Gasteiger partial charge in [0.05, 0.1) is 3.39 Å². The largest absolute Gasteiger partial charge is 0.462 e. The molecule has 4 aliphatic carbocycles. The molecule has 154 valence electrons. The van der Waals surface area contributed by atoms with E-state index in [2.05, 4.69) is 45.7 Å². The third-order valence-electron chi connectivity index (χ3n) is 8.54. The van der Waals surface area contributed by atoms with Crippen molar-refractivity contribution in [2.75, 3.05) is 0 Å². The lowest BCUT2D eigenvalue weighted by molar-refractivity contribution is -0.159. The summed E-state index contributed by atoms with van der Waals surface area (Å²) in [5, 5.41) is 0. The molecule has 0 N–H and O–H groups in total. The van der Waals surface area contributed by atoms with Crippen molar-refractivity contribution < 1.29 is 14.3 Å². The van der Waals surface area contributed by atoms with Gasteiger partial charge in [-0.2, -0.15) is 0 Å². The number of halogens is 2. The number of esters is 1. The van der Waals surface area contributed by atoms with E-state index in [4.69, 9.17) is 4.74 Å². The molecule has 0 bridgehead atoms. The fraction of sp³-hybridized carbons (Fsp3) is 0.739. The maximum Gasteiger partial charge on any atom is 0.305 e. The van der Waals surface area contributed by atoms with Crippen molar-refractivity contribution in [3.8, 4) is 0 Å². The Balaban J connectivity index is 1.70. The maximum absolute atomic E-state index is 12.2. The van der Waals surface area contributed by atoms with Gasteiger partial charge in [0, 0.05) is 18.3 Å². The van der Waals surface area contributed by atoms with Gasteiger partial charge >= 0.3 is 5.97 Å². The van der Waals surface area contributed by atoms with Gasteiger partial charge in [-0.15, -0.1) is 0 Å². The Morgan fingerprint density at radius 1 is 1.18 bits per heavy atom. The second-order valence-electron chi connectivity index (χ2n) is 9.72. The topological polar surface area (TPSA) is 43.4 Å². The molecule has 0 aromatic heterocycles. The van der Waals surface area contributed by atoms with Gasteiger partial charge in [0.1, 0.15) is 6.10 Å². The molecular formula is C23H30Br2O3. The molecule has 0 aliphatic heterocycles. The van der Waals surface area contributed by atoms with E-state index >= 15 is 0 Å². The van der Waals surface area contributed by atoms with Crippen molar-refractivity contribution in [1.82, 2.24) is 0 Å². The number of ether oxygens (including phenoxy) is 1. The van der Waals surface area contributed by atoms with E-state index in [0.717, 1.165) is 41.9 Å². The van der Waals surface area contributed by atoms with E-state index < -0.39 is 0 Å². The summed E-state index contributed by atoms with van der Waals surface area (Å²) < 4.78 is 6.90. The smallest absolute Gasteiger partial charge is 0.305 e. The molecule has 4 aliphatic rings. The van der Waals surface area contributed by atoms with Crippen LogP contribution in [0.1, 0.15) is 72.1 Å². The van der Waals surface area contributed by atoms with Crippen LogP contribution in [0.4, 0.5) is 0 Å². The molecule has 6 atom stereocenters. The molecule has 28 heavy (non-hydrogen) atoms. The monoisotopic (exact) mass is 512 g/mol. The Hall–Kier alpha value is -0.420. The SMILES string of the molecule is CCC(=O)OC1CCC2C3CC(=C(Br)Br)C4=CC(=O)CCC4(C)C3CCC12C. The second-order valence-corrected chi connectivity index (χ2v) is 12.4. The van der Waals surface area contributed by atoms with E-state index in [1.807, 2.05) is 13.0 Å². The van der Waals surface area contributed by atoms with Crippen LogP contribution < -0.4 is 0 Å². The lowest BCUT2D eigenvalue weighted by Gasteiger charge is -2.58. The molecule has 0 heterocycles. The minimum atomic E-state index is -0.0654. The predicted molar refractivity (Wildman–Crippen MR) is 117 cm³/mol. The molecule has 0 amide bonds. The van der Waals surface area contributed by atoms with Gasteiger partial charge < -0.3 is 4.74 Å². The van der Waals surface area contributed by atoms with E-state index in [1.165, 1.54) is 11.1 Å². The van der Waals surface area contributed by atoms with Crippen LogP contribution in [0.3, 0.4) is 0 Å². The third kappa shape index (κ3) is 3.10. The van der Waals surface area contributed by atoms with Crippen molar-refractivity contribution in [2.24, 2.45) is 28.6 Å². The Bertz CT molecular complexity index is 766. The lowest BCUT2D eigenvalue weighted by atomic mass is 9.46. The molecule has 0 saturated heterocycles. The molecule has 4 rings (SSSR count). The molecule has 0 radical (unpaired) electrons. The van der Waals surface area contributed by atoms with Crippen LogP contribution >= 0.6 is 31.9 Å². The zero-order chi connectivity index (χ0) is 20.3. The first-order valence-corrected chi connectivity index (χ1v) is 12.3. The van der Waals surface area contributed by atoms with Gasteiger partial charge in [-0.05, 0) is 111 Å². The number of carbonyl (C=O) groups is 2. The van der Waals surface area contributed by atoms with Crippen molar-refractivity contribution in [2.45, 2.75) is 78.2 Å². The first-order chi connectivity index (χ1) is 13.2. The molecule has 3 nitrogen and oxygen atoms in total. The summed E-state index contributed by atoms with van der Waals surface area (Å²) in [7, 11) is 0. The van der Waals surface area contributed by atoms with Crippen molar-refractivity contribution in [3.05, 3.63) is 20.6 Å². The molecule has 3 saturated carbocycles. The average Bonchev–Trinajstić information content (AvgIpc) is 2.98. The summed E-state index contributed by atoms with van der Waals surface area (Å²) in [6.45, 7) is 6.62. The van der Waals surface area contributed by atoms with Gasteiger partial charge in [-0.1, -0.05) is 20.8 Å². The number of carbonyl (C=O) groups excluding carboxylic acids is 2. The minimum Gasteiger partial charge on any atom is -0.462 e. The summed E-state index contributed by atoms with van der Waals surface area (Å²) in [5.74, 6) is 1.96. The second kappa shape index (κ2) is 7.37. The normalized spacial score (nSPS) is 42.2. The van der Waals surface area contributed by atoms with Crippen LogP contribution in [0, 0.1) is 28.6 Å². The Kier molecular flexibility index (Phi) is 5.48. The van der Waals surface area contributed by atoms with E-state index in [9.17, 15) is 9.59 Å². The number of fused-ring (bicyclic) bond motifs is 5. The highest BCUT2D eigenvalue weighted by atomic mass is 79.9. The minimum absolute atomic E-state index is 0.0587. The van der Waals surface area contributed by atoms with E-state index in [0.29, 0.717) is 30.6 Å². The Morgan fingerprint density at radius 2 is 1.93 bits per heavy atom. The van der Waals surface area contributed by atoms with Crippen LogP contribution in [0.5, 0.6) is 0 Å². The number of allylic oxidation sites excluding steroid dienone is 2. The number of hydrogen-bond acceptors (Lipinski definition) is 3. The van der Waals surface area contributed by atoms with Crippen molar-refractivity contribution in [3.63, 3.8) is 0 Å². The van der Waals surface area contributed by atoms with Gasteiger partial charge in [0.25, 0.3) is 0 Å². The highest BCUT2D eigenvalue weighted by Gasteiger charge is 2.60. The molecule has 3 fully saturated rings. The summed E-state index contributed by atoms with van der Waals surface area (Å²) in [5.41, 5.74) is 2.68. The molecule has 0 aromatic carbocycles. The summed E-state index contributed by atoms with van der Waals surface area (Å²) in [6.07, 6.45) is 9.45. The van der Waals surface area contributed by atoms with Crippen LogP contribution in [0.15, 0.2) is 20.6 Å². The van der Waals surface area contributed by atoms with E-state index in [1.54, 1.807) is 0 Å². The van der Waals surface area contributed by atoms with Crippen molar-refractivity contribution >= 4 is 43.6 Å². The first kappa shape index (κ1) is 20.8. The average molecular weight is 514 g/mol. The van der Waals surface area contributed by atoms with Crippen LogP contribution in [0.25, 0.3) is 0 Å².